The van der Waals surface area contributed by atoms with Crippen molar-refractivity contribution in [1.29, 1.82) is 0 Å². The summed E-state index contributed by atoms with van der Waals surface area (Å²) in [6.45, 7) is 3.80. The number of amides is 1. The molecule has 0 saturated heterocycles. The maximum atomic E-state index is 12.9. The summed E-state index contributed by atoms with van der Waals surface area (Å²) in [7, 11) is 0. The Kier molecular flexibility index (Phi) is 5.06. The highest BCUT2D eigenvalue weighted by atomic mass is 16.3. The lowest BCUT2D eigenvalue weighted by molar-refractivity contribution is -0.121. The van der Waals surface area contributed by atoms with E-state index in [2.05, 4.69) is 5.32 Å². The zero-order valence-electron chi connectivity index (χ0n) is 14.8. The Balaban J connectivity index is 2.00. The van der Waals surface area contributed by atoms with Crippen LogP contribution in [0.15, 0.2) is 56.7 Å². The van der Waals surface area contributed by atoms with Crippen molar-refractivity contribution < 1.29 is 9.21 Å². The summed E-state index contributed by atoms with van der Waals surface area (Å²) in [5, 5.41) is 3.15. The van der Waals surface area contributed by atoms with Crippen LogP contribution in [0.3, 0.4) is 0 Å². The quantitative estimate of drug-likeness (QED) is 0.733. The summed E-state index contributed by atoms with van der Waals surface area (Å²) < 4.78 is 7.75. The number of hydrogen-bond donors (Lipinski definition) is 1. The fourth-order valence-corrected chi connectivity index (χ4v) is 2.86. The minimum absolute atomic E-state index is 0.170. The van der Waals surface area contributed by atoms with E-state index in [0.29, 0.717) is 23.1 Å². The number of nitrogens with zero attached hydrogens (tertiary/aromatic N) is 2. The molecule has 0 saturated carbocycles. The highest BCUT2D eigenvalue weighted by molar-refractivity contribution is 5.81. The summed E-state index contributed by atoms with van der Waals surface area (Å²) in [6.07, 6.45) is 2.17. The molecule has 1 atom stereocenters. The van der Waals surface area contributed by atoms with Crippen molar-refractivity contribution in [2.24, 2.45) is 0 Å². The molecule has 7 nitrogen and oxygen atoms in total. The van der Waals surface area contributed by atoms with Crippen molar-refractivity contribution in [3.05, 3.63) is 69.3 Å². The molecule has 0 fully saturated rings. The number of hydrogen-bond acceptors (Lipinski definition) is 4. The third-order valence-corrected chi connectivity index (χ3v) is 4.45. The zero-order valence-corrected chi connectivity index (χ0v) is 14.8. The Morgan fingerprint density at radius 2 is 1.96 bits per heavy atom. The lowest BCUT2D eigenvalue weighted by Crippen LogP contribution is -2.43. The Morgan fingerprint density at radius 1 is 1.19 bits per heavy atom. The third kappa shape index (κ3) is 3.33. The van der Waals surface area contributed by atoms with E-state index in [9.17, 15) is 14.4 Å². The van der Waals surface area contributed by atoms with Gasteiger partial charge in [0.25, 0.3) is 5.56 Å². The second kappa shape index (κ2) is 7.43. The van der Waals surface area contributed by atoms with E-state index in [1.54, 1.807) is 36.4 Å². The monoisotopic (exact) mass is 355 g/mol. The highest BCUT2D eigenvalue weighted by Gasteiger charge is 2.17. The second-order valence-electron chi connectivity index (χ2n) is 6.17. The summed E-state index contributed by atoms with van der Waals surface area (Å²) >= 11 is 0. The molecular formula is C19H21N3O4. The van der Waals surface area contributed by atoms with Crippen LogP contribution in [0.1, 0.15) is 32.1 Å². The molecule has 26 heavy (non-hydrogen) atoms. The second-order valence-corrected chi connectivity index (χ2v) is 6.17. The van der Waals surface area contributed by atoms with Crippen molar-refractivity contribution in [2.45, 2.75) is 39.4 Å². The molecule has 7 heteroatoms. The van der Waals surface area contributed by atoms with Gasteiger partial charge in [-0.2, -0.15) is 0 Å². The van der Waals surface area contributed by atoms with Gasteiger partial charge in [0.1, 0.15) is 12.3 Å². The van der Waals surface area contributed by atoms with Crippen LogP contribution < -0.4 is 16.6 Å². The molecule has 1 aromatic carbocycles. The van der Waals surface area contributed by atoms with E-state index in [4.69, 9.17) is 4.42 Å². The first kappa shape index (κ1) is 17.7. The summed E-state index contributed by atoms with van der Waals surface area (Å²) in [4.78, 5) is 37.9. The maximum absolute atomic E-state index is 12.9. The molecular weight excluding hydrogens is 334 g/mol. The number of para-hydroxylation sites is 1. The minimum atomic E-state index is -0.476. The Labute approximate surface area is 149 Å². The number of nitrogens with one attached hydrogen (secondary N) is 1. The van der Waals surface area contributed by atoms with Gasteiger partial charge in [-0.25, -0.2) is 4.79 Å². The number of carbonyl (C=O) groups excluding carboxylic acids is 1. The van der Waals surface area contributed by atoms with Crippen LogP contribution >= 0.6 is 0 Å². The number of rotatable bonds is 6. The molecule has 0 bridgehead atoms. The first-order chi connectivity index (χ1) is 12.5. The van der Waals surface area contributed by atoms with Crippen molar-refractivity contribution in [1.82, 2.24) is 14.5 Å². The Bertz CT molecular complexity index is 1030. The SMILES string of the molecule is CC[C@@H](C)n1c(=O)c2ccccc2n(CC(=O)NCc2ccco2)c1=O. The van der Waals surface area contributed by atoms with E-state index >= 15 is 0 Å². The van der Waals surface area contributed by atoms with Gasteiger partial charge in [0.15, 0.2) is 0 Å². The zero-order chi connectivity index (χ0) is 18.7. The van der Waals surface area contributed by atoms with E-state index in [1.807, 2.05) is 13.8 Å². The Morgan fingerprint density at radius 3 is 2.65 bits per heavy atom. The predicted octanol–water partition coefficient (Wildman–Crippen LogP) is 2.04. The van der Waals surface area contributed by atoms with E-state index in [0.717, 1.165) is 0 Å². The maximum Gasteiger partial charge on any atom is 0.332 e. The van der Waals surface area contributed by atoms with Crippen molar-refractivity contribution in [3.8, 4) is 0 Å². The molecule has 2 aromatic heterocycles. The molecule has 1 amide bonds. The van der Waals surface area contributed by atoms with Crippen LogP contribution in [-0.4, -0.2) is 15.0 Å². The first-order valence-electron chi connectivity index (χ1n) is 8.56. The van der Waals surface area contributed by atoms with Crippen LogP contribution in [0.4, 0.5) is 0 Å². The molecule has 1 N–H and O–H groups in total. The minimum Gasteiger partial charge on any atom is -0.467 e. The average Bonchev–Trinajstić information content (AvgIpc) is 3.17. The van der Waals surface area contributed by atoms with Crippen molar-refractivity contribution in [3.63, 3.8) is 0 Å². The van der Waals surface area contributed by atoms with Gasteiger partial charge in [0.2, 0.25) is 5.91 Å². The summed E-state index contributed by atoms with van der Waals surface area (Å²) in [5.41, 5.74) is -0.349. The topological polar surface area (TPSA) is 86.2 Å². The molecule has 0 radical (unpaired) electrons. The lowest BCUT2D eigenvalue weighted by atomic mass is 10.2. The van der Waals surface area contributed by atoms with Crippen molar-refractivity contribution in [2.75, 3.05) is 0 Å². The standard InChI is InChI=1S/C19H21N3O4/c1-3-13(2)22-18(24)15-8-4-5-9-16(15)21(19(22)25)12-17(23)20-11-14-7-6-10-26-14/h4-10,13H,3,11-12H2,1-2H3,(H,20,23)/t13-/m1/s1. The number of benzene rings is 1. The van der Waals surface area contributed by atoms with Crippen LogP contribution in [0.2, 0.25) is 0 Å². The van der Waals surface area contributed by atoms with Gasteiger partial charge in [0, 0.05) is 6.04 Å². The number of carbonyl (C=O) groups is 1. The molecule has 0 spiro atoms. The van der Waals surface area contributed by atoms with Gasteiger partial charge in [-0.05, 0) is 37.6 Å². The Hall–Kier alpha value is -3.09. The molecule has 3 rings (SSSR count). The molecule has 0 aliphatic rings. The number of fused-ring (bicyclic) bond motifs is 1. The fraction of sp³-hybridized carbons (Fsp3) is 0.316. The largest absolute Gasteiger partial charge is 0.467 e. The number of aromatic nitrogens is 2. The summed E-state index contributed by atoms with van der Waals surface area (Å²) in [5.74, 6) is 0.295. The van der Waals surface area contributed by atoms with Gasteiger partial charge in [-0.1, -0.05) is 19.1 Å². The van der Waals surface area contributed by atoms with Crippen LogP contribution in [0, 0.1) is 0 Å². The van der Waals surface area contributed by atoms with Crippen molar-refractivity contribution >= 4 is 16.8 Å². The smallest absolute Gasteiger partial charge is 0.332 e. The molecule has 2 heterocycles. The van der Waals surface area contributed by atoms with Crippen LogP contribution in [0.5, 0.6) is 0 Å². The van der Waals surface area contributed by atoms with Gasteiger partial charge in [-0.15, -0.1) is 0 Å². The normalized spacial score (nSPS) is 12.2. The fourth-order valence-electron chi connectivity index (χ4n) is 2.86. The van der Waals surface area contributed by atoms with Crippen LogP contribution in [-0.2, 0) is 17.9 Å². The van der Waals surface area contributed by atoms with Crippen LogP contribution in [0.25, 0.3) is 10.9 Å². The highest BCUT2D eigenvalue weighted by Crippen LogP contribution is 2.11. The van der Waals surface area contributed by atoms with E-state index < -0.39 is 5.69 Å². The first-order valence-corrected chi connectivity index (χ1v) is 8.56. The third-order valence-electron chi connectivity index (χ3n) is 4.45. The van der Waals surface area contributed by atoms with E-state index in [1.165, 1.54) is 15.4 Å². The molecule has 0 aliphatic heterocycles. The molecule has 3 aromatic rings. The predicted molar refractivity (Wildman–Crippen MR) is 98.0 cm³/mol. The van der Waals surface area contributed by atoms with Gasteiger partial charge in [0.05, 0.1) is 23.7 Å². The molecule has 0 unspecified atom stereocenters. The van der Waals surface area contributed by atoms with E-state index in [-0.39, 0.29) is 30.6 Å². The van der Waals surface area contributed by atoms with Gasteiger partial charge in [-0.3, -0.25) is 18.7 Å². The molecule has 136 valence electrons. The summed E-state index contributed by atoms with van der Waals surface area (Å²) in [6, 6.07) is 10.1. The van der Waals surface area contributed by atoms with Gasteiger partial charge < -0.3 is 9.73 Å². The lowest BCUT2D eigenvalue weighted by Gasteiger charge is -2.17. The average molecular weight is 355 g/mol. The number of furan rings is 1. The van der Waals surface area contributed by atoms with Gasteiger partial charge >= 0.3 is 5.69 Å². The molecule has 0 aliphatic carbocycles.